The molecule has 0 bridgehead atoms. The summed E-state index contributed by atoms with van der Waals surface area (Å²) in [5, 5.41) is 11.3. The van der Waals surface area contributed by atoms with Gasteiger partial charge in [0.05, 0.1) is 5.69 Å². The number of anilines is 3. The first-order valence-corrected chi connectivity index (χ1v) is 12.3. The fraction of sp³-hybridized carbons (Fsp3) is 0.560. The number of benzene rings is 1. The van der Waals surface area contributed by atoms with E-state index in [0.29, 0.717) is 17.2 Å². The number of nitrogens with one attached hydrogen (secondary N) is 3. The van der Waals surface area contributed by atoms with Crippen molar-refractivity contribution in [2.75, 3.05) is 29.6 Å². The minimum absolute atomic E-state index is 0.402. The zero-order valence-electron chi connectivity index (χ0n) is 19.8. The number of aromatic nitrogens is 2. The van der Waals surface area contributed by atoms with Crippen molar-refractivity contribution in [1.82, 2.24) is 15.3 Å². The summed E-state index contributed by atoms with van der Waals surface area (Å²) in [5.74, 6) is 1.87. The maximum absolute atomic E-state index is 5.60. The van der Waals surface area contributed by atoms with Crippen LogP contribution in [-0.2, 0) is 12.8 Å². The number of rotatable bonds is 5. The lowest BCUT2D eigenvalue weighted by atomic mass is 9.91. The number of aryl methyl sites for hydroxylation is 3. The lowest BCUT2D eigenvalue weighted by Crippen LogP contribution is -2.42. The molecule has 0 spiro atoms. The van der Waals surface area contributed by atoms with Gasteiger partial charge >= 0.3 is 0 Å². The molecule has 1 heterocycles. The number of para-hydroxylation sites is 1. The Morgan fingerprint density at radius 1 is 0.969 bits per heavy atom. The lowest BCUT2D eigenvalue weighted by Gasteiger charge is -2.31. The van der Waals surface area contributed by atoms with Crippen molar-refractivity contribution in [2.45, 2.75) is 77.3 Å². The normalized spacial score (nSPS) is 20.2. The second-order valence-electron chi connectivity index (χ2n) is 9.46. The SMILES string of the molecule is Cc1cccc(C)c1NC(=S)NC1CCC(Nc2nc3c(c(N(C)C)n2)CCCC3)CC1. The molecule has 4 rings (SSSR count). The van der Waals surface area contributed by atoms with Gasteiger partial charge in [-0.15, -0.1) is 0 Å². The van der Waals surface area contributed by atoms with E-state index in [-0.39, 0.29) is 0 Å². The summed E-state index contributed by atoms with van der Waals surface area (Å²) in [7, 11) is 4.15. The van der Waals surface area contributed by atoms with Crippen LogP contribution in [0.5, 0.6) is 0 Å². The third kappa shape index (κ3) is 5.31. The van der Waals surface area contributed by atoms with Crippen LogP contribution in [-0.4, -0.2) is 41.3 Å². The monoisotopic (exact) mass is 452 g/mol. The van der Waals surface area contributed by atoms with Crippen LogP contribution in [0, 0.1) is 13.8 Å². The highest BCUT2D eigenvalue weighted by Gasteiger charge is 2.24. The fourth-order valence-corrected chi connectivity index (χ4v) is 5.19. The van der Waals surface area contributed by atoms with Gasteiger partial charge in [-0.2, -0.15) is 4.98 Å². The van der Waals surface area contributed by atoms with Gasteiger partial charge in [0.1, 0.15) is 5.82 Å². The molecule has 2 aliphatic carbocycles. The van der Waals surface area contributed by atoms with Gasteiger partial charge in [-0.05, 0) is 88.6 Å². The van der Waals surface area contributed by atoms with Crippen LogP contribution in [0.2, 0.25) is 0 Å². The summed E-state index contributed by atoms with van der Waals surface area (Å²) >= 11 is 5.60. The molecule has 0 aliphatic heterocycles. The average Bonchev–Trinajstić information content (AvgIpc) is 2.77. The molecule has 1 aromatic carbocycles. The Kier molecular flexibility index (Phi) is 7.13. The second kappa shape index (κ2) is 10.0. The van der Waals surface area contributed by atoms with Crippen LogP contribution in [0.25, 0.3) is 0 Å². The van der Waals surface area contributed by atoms with Gasteiger partial charge < -0.3 is 20.9 Å². The maximum atomic E-state index is 5.60. The van der Waals surface area contributed by atoms with Gasteiger partial charge in [-0.25, -0.2) is 4.98 Å². The molecule has 6 nitrogen and oxygen atoms in total. The van der Waals surface area contributed by atoms with E-state index in [9.17, 15) is 0 Å². The molecule has 2 aliphatic rings. The quantitative estimate of drug-likeness (QED) is 0.566. The smallest absolute Gasteiger partial charge is 0.225 e. The van der Waals surface area contributed by atoms with E-state index < -0.39 is 0 Å². The predicted molar refractivity (Wildman–Crippen MR) is 138 cm³/mol. The number of hydrogen-bond donors (Lipinski definition) is 3. The van der Waals surface area contributed by atoms with Crippen LogP contribution >= 0.6 is 12.2 Å². The molecular weight excluding hydrogens is 416 g/mol. The third-order valence-corrected chi connectivity index (χ3v) is 6.92. The van der Waals surface area contributed by atoms with Crippen molar-refractivity contribution in [3.63, 3.8) is 0 Å². The number of nitrogens with zero attached hydrogens (tertiary/aromatic N) is 3. The van der Waals surface area contributed by atoms with E-state index in [0.717, 1.165) is 56.0 Å². The van der Waals surface area contributed by atoms with E-state index >= 15 is 0 Å². The summed E-state index contributed by atoms with van der Waals surface area (Å²) < 4.78 is 0. The van der Waals surface area contributed by atoms with Crippen molar-refractivity contribution >= 4 is 34.8 Å². The average molecular weight is 453 g/mol. The highest BCUT2D eigenvalue weighted by Crippen LogP contribution is 2.29. The first-order chi connectivity index (χ1) is 15.4. The standard InChI is InChI=1S/C25H36N6S/c1-16-8-7-9-17(2)22(16)29-25(32)27-19-14-12-18(13-15-19)26-24-28-21-11-6-5-10-20(21)23(30-24)31(3)4/h7-9,18-19H,5-6,10-15H2,1-4H3,(H,26,28,30)(H2,27,29,32). The molecular formula is C25H36N6S. The molecule has 3 N–H and O–H groups in total. The molecule has 1 saturated carbocycles. The van der Waals surface area contributed by atoms with Crippen LogP contribution in [0.1, 0.15) is 60.9 Å². The van der Waals surface area contributed by atoms with Crippen molar-refractivity contribution in [2.24, 2.45) is 0 Å². The molecule has 2 aromatic rings. The number of hydrogen-bond acceptors (Lipinski definition) is 5. The van der Waals surface area contributed by atoms with Crippen molar-refractivity contribution < 1.29 is 0 Å². The lowest BCUT2D eigenvalue weighted by molar-refractivity contribution is 0.387. The van der Waals surface area contributed by atoms with E-state index in [4.69, 9.17) is 22.2 Å². The Bertz CT molecular complexity index is 945. The first-order valence-electron chi connectivity index (χ1n) is 11.9. The van der Waals surface area contributed by atoms with E-state index in [1.807, 2.05) is 0 Å². The molecule has 0 radical (unpaired) electrons. The largest absolute Gasteiger partial charge is 0.362 e. The summed E-state index contributed by atoms with van der Waals surface area (Å²) in [6, 6.07) is 7.11. The van der Waals surface area contributed by atoms with E-state index in [1.165, 1.54) is 35.2 Å². The number of thiocarbonyl (C=S) groups is 1. The third-order valence-electron chi connectivity index (χ3n) is 6.70. The molecule has 32 heavy (non-hydrogen) atoms. The molecule has 0 amide bonds. The Labute approximate surface area is 197 Å². The summed E-state index contributed by atoms with van der Waals surface area (Å²) in [4.78, 5) is 11.9. The molecule has 7 heteroatoms. The fourth-order valence-electron chi connectivity index (χ4n) is 4.92. The van der Waals surface area contributed by atoms with Gasteiger partial charge in [0.15, 0.2) is 5.11 Å². The van der Waals surface area contributed by atoms with E-state index in [1.54, 1.807) is 0 Å². The minimum Gasteiger partial charge on any atom is -0.362 e. The van der Waals surface area contributed by atoms with Crippen LogP contribution in [0.4, 0.5) is 17.5 Å². The first kappa shape index (κ1) is 22.8. The molecule has 1 fully saturated rings. The van der Waals surface area contributed by atoms with Gasteiger partial charge in [0.2, 0.25) is 5.95 Å². The highest BCUT2D eigenvalue weighted by molar-refractivity contribution is 7.80. The van der Waals surface area contributed by atoms with Crippen molar-refractivity contribution in [3.8, 4) is 0 Å². The number of fused-ring (bicyclic) bond motifs is 1. The van der Waals surface area contributed by atoms with Crippen molar-refractivity contribution in [1.29, 1.82) is 0 Å². The van der Waals surface area contributed by atoms with Gasteiger partial charge in [0, 0.05) is 37.4 Å². The molecule has 1 aromatic heterocycles. The van der Waals surface area contributed by atoms with E-state index in [2.05, 4.69) is 67.0 Å². The molecule has 0 saturated heterocycles. The Morgan fingerprint density at radius 2 is 1.62 bits per heavy atom. The van der Waals surface area contributed by atoms with Crippen LogP contribution in [0.15, 0.2) is 18.2 Å². The topological polar surface area (TPSA) is 65.1 Å². The van der Waals surface area contributed by atoms with Gasteiger partial charge in [0.25, 0.3) is 0 Å². The van der Waals surface area contributed by atoms with Crippen LogP contribution < -0.4 is 20.9 Å². The highest BCUT2D eigenvalue weighted by atomic mass is 32.1. The molecule has 0 unspecified atom stereocenters. The van der Waals surface area contributed by atoms with Gasteiger partial charge in [-0.3, -0.25) is 0 Å². The van der Waals surface area contributed by atoms with Gasteiger partial charge in [-0.1, -0.05) is 18.2 Å². The molecule has 0 atom stereocenters. The zero-order chi connectivity index (χ0) is 22.7. The summed E-state index contributed by atoms with van der Waals surface area (Å²) in [6.07, 6.45) is 8.95. The Balaban J connectivity index is 1.31. The predicted octanol–water partition coefficient (Wildman–Crippen LogP) is 4.75. The summed E-state index contributed by atoms with van der Waals surface area (Å²) in [6.45, 7) is 4.22. The van der Waals surface area contributed by atoms with Crippen molar-refractivity contribution in [3.05, 3.63) is 40.6 Å². The zero-order valence-corrected chi connectivity index (χ0v) is 20.6. The van der Waals surface area contributed by atoms with Crippen LogP contribution in [0.3, 0.4) is 0 Å². The minimum atomic E-state index is 0.402. The Morgan fingerprint density at radius 3 is 2.31 bits per heavy atom. The molecule has 172 valence electrons. The maximum Gasteiger partial charge on any atom is 0.225 e. The second-order valence-corrected chi connectivity index (χ2v) is 9.86. The Hall–Kier alpha value is -2.41. The summed E-state index contributed by atoms with van der Waals surface area (Å²) in [5.41, 5.74) is 6.11.